The number of methoxy groups -OCH3 is 1. The first-order valence-corrected chi connectivity index (χ1v) is 9.92. The third-order valence-electron chi connectivity index (χ3n) is 2.00. The Morgan fingerprint density at radius 3 is 1.55 bits per heavy atom. The molecule has 0 saturated carbocycles. The van der Waals surface area contributed by atoms with Gasteiger partial charge in [0, 0.05) is 0 Å². The molecule has 0 aromatic heterocycles. The van der Waals surface area contributed by atoms with Crippen molar-refractivity contribution < 1.29 is 51.1 Å². The number of ether oxygens (including phenoxy) is 1. The molecule has 22 heavy (non-hydrogen) atoms. The van der Waals surface area contributed by atoms with Gasteiger partial charge in [0.15, 0.2) is 7.14 Å². The summed E-state index contributed by atoms with van der Waals surface area (Å²) in [5.74, 6) is 0.927. The van der Waals surface area contributed by atoms with Crippen LogP contribution in [0.3, 0.4) is 0 Å². The number of rotatable bonds is 3. The van der Waals surface area contributed by atoms with Crippen molar-refractivity contribution in [3.63, 3.8) is 0 Å². The van der Waals surface area contributed by atoms with Crippen molar-refractivity contribution in [3.05, 3.63) is 61.7 Å². The first-order valence-electron chi connectivity index (χ1n) is 5.74. The third kappa shape index (κ3) is 11.6. The van der Waals surface area contributed by atoms with Crippen LogP contribution in [-0.2, 0) is 0 Å². The monoisotopic (exact) mass is 456 g/mol. The molecule has 0 aliphatic rings. The molecule has 2 aromatic rings. The van der Waals surface area contributed by atoms with E-state index in [0.29, 0.717) is 0 Å². The standard InChI is InChI=1S/C13H12IO.F6P/c1-15-13-9-7-12(8-10-13)14-11-5-3-2-4-6-11;1-7(2,3,4,5)6/h2-10H,1H3;/q+1;-1. The van der Waals surface area contributed by atoms with E-state index in [0.717, 1.165) is 5.75 Å². The molecule has 0 N–H and O–H groups in total. The summed E-state index contributed by atoms with van der Waals surface area (Å²) in [6.45, 7) is 0. The fourth-order valence-electron chi connectivity index (χ4n) is 1.24. The molecule has 1 nitrogen and oxygen atoms in total. The number of halogens is 7. The van der Waals surface area contributed by atoms with Crippen LogP contribution in [0.1, 0.15) is 0 Å². The Morgan fingerprint density at radius 2 is 1.14 bits per heavy atom. The van der Waals surface area contributed by atoms with Gasteiger partial charge in [-0.2, -0.15) is 0 Å². The predicted octanol–water partition coefficient (Wildman–Crippen LogP) is 3.21. The van der Waals surface area contributed by atoms with Crippen LogP contribution in [0.4, 0.5) is 25.2 Å². The zero-order chi connectivity index (χ0) is 16.9. The first-order chi connectivity index (χ1) is 9.83. The zero-order valence-corrected chi connectivity index (χ0v) is 14.2. The summed E-state index contributed by atoms with van der Waals surface area (Å²) >= 11 is -0.0449. The van der Waals surface area contributed by atoms with Crippen LogP contribution in [0.5, 0.6) is 5.75 Å². The molecule has 0 bridgehead atoms. The van der Waals surface area contributed by atoms with Crippen molar-refractivity contribution in [2.24, 2.45) is 0 Å². The molecular formula is C13H12F6IOP. The maximum atomic E-state index is 9.87. The molecular weight excluding hydrogens is 444 g/mol. The summed E-state index contributed by atoms with van der Waals surface area (Å²) in [6.07, 6.45) is 0. The molecule has 0 aliphatic carbocycles. The van der Waals surface area contributed by atoms with Crippen molar-refractivity contribution in [3.8, 4) is 5.75 Å². The van der Waals surface area contributed by atoms with E-state index >= 15 is 0 Å². The predicted molar refractivity (Wildman–Crippen MR) is 70.4 cm³/mol. The summed E-state index contributed by atoms with van der Waals surface area (Å²) in [4.78, 5) is 0. The summed E-state index contributed by atoms with van der Waals surface area (Å²) in [5.41, 5.74) is 0. The average molecular weight is 456 g/mol. The van der Waals surface area contributed by atoms with Gasteiger partial charge in [-0.1, -0.05) is 18.2 Å². The second kappa shape index (κ2) is 6.23. The molecule has 0 amide bonds. The van der Waals surface area contributed by atoms with Crippen LogP contribution in [0, 0.1) is 7.14 Å². The van der Waals surface area contributed by atoms with Gasteiger partial charge in [0.1, 0.15) is 5.75 Å². The molecule has 0 aliphatic heterocycles. The van der Waals surface area contributed by atoms with Crippen LogP contribution in [0.15, 0.2) is 54.6 Å². The molecule has 0 atom stereocenters. The van der Waals surface area contributed by atoms with Gasteiger partial charge in [-0.25, -0.2) is 0 Å². The van der Waals surface area contributed by atoms with Crippen LogP contribution < -0.4 is 25.9 Å². The Labute approximate surface area is 133 Å². The molecule has 0 saturated heterocycles. The Bertz CT molecular complexity index is 586. The summed E-state index contributed by atoms with van der Waals surface area (Å²) < 4.78 is 67.2. The van der Waals surface area contributed by atoms with E-state index in [1.165, 1.54) is 7.14 Å². The molecule has 0 radical (unpaired) electrons. The normalized spacial score (nSPS) is 14.1. The fraction of sp³-hybridized carbons (Fsp3) is 0.0769. The Morgan fingerprint density at radius 1 is 0.727 bits per heavy atom. The SMILES string of the molecule is COc1ccc([I+]c2ccccc2)cc1.F[P-](F)(F)(F)(F)F. The number of hydrogen-bond donors (Lipinski definition) is 0. The van der Waals surface area contributed by atoms with Gasteiger partial charge in [-0.05, 0) is 36.4 Å². The second-order valence-electron chi connectivity index (χ2n) is 4.01. The van der Waals surface area contributed by atoms with Crippen molar-refractivity contribution in [1.29, 1.82) is 0 Å². The van der Waals surface area contributed by atoms with Gasteiger partial charge in [-0.15, -0.1) is 0 Å². The fourth-order valence-corrected chi connectivity index (χ4v) is 3.45. The molecule has 2 aromatic carbocycles. The van der Waals surface area contributed by atoms with E-state index in [1.54, 1.807) is 7.11 Å². The minimum absolute atomic E-state index is 0.0449. The molecule has 0 heterocycles. The van der Waals surface area contributed by atoms with E-state index in [1.807, 2.05) is 12.1 Å². The zero-order valence-electron chi connectivity index (χ0n) is 11.2. The van der Waals surface area contributed by atoms with Gasteiger partial charge in [0.05, 0.1) is 7.11 Å². The molecule has 124 valence electrons. The van der Waals surface area contributed by atoms with Gasteiger partial charge in [0.2, 0.25) is 0 Å². The van der Waals surface area contributed by atoms with Gasteiger partial charge < -0.3 is 4.74 Å². The van der Waals surface area contributed by atoms with Crippen molar-refractivity contribution in [2.45, 2.75) is 0 Å². The van der Waals surface area contributed by atoms with Gasteiger partial charge in [-0.3, -0.25) is 0 Å². The topological polar surface area (TPSA) is 9.23 Å². The van der Waals surface area contributed by atoms with Crippen LogP contribution in [0.2, 0.25) is 0 Å². The van der Waals surface area contributed by atoms with Crippen molar-refractivity contribution in [2.75, 3.05) is 7.11 Å². The van der Waals surface area contributed by atoms with E-state index in [2.05, 4.69) is 42.5 Å². The molecule has 9 heteroatoms. The number of benzene rings is 2. The Kier molecular flexibility index (Phi) is 5.39. The average Bonchev–Trinajstić information content (AvgIpc) is 2.37. The van der Waals surface area contributed by atoms with Crippen molar-refractivity contribution >= 4 is 7.81 Å². The Balaban J connectivity index is 0.000000295. The molecule has 0 fully saturated rings. The summed E-state index contributed by atoms with van der Waals surface area (Å²) in [5, 5.41) is 0. The first kappa shape index (κ1) is 19.0. The van der Waals surface area contributed by atoms with E-state index in [4.69, 9.17) is 4.74 Å². The van der Waals surface area contributed by atoms with Crippen LogP contribution in [-0.4, -0.2) is 7.11 Å². The summed E-state index contributed by atoms with van der Waals surface area (Å²) in [6, 6.07) is 19.0. The van der Waals surface area contributed by atoms with Crippen LogP contribution >= 0.6 is 7.81 Å². The maximum absolute atomic E-state index is 10.7. The molecule has 2 rings (SSSR count). The third-order valence-corrected chi connectivity index (χ3v) is 4.68. The van der Waals surface area contributed by atoms with E-state index in [9.17, 15) is 25.2 Å². The second-order valence-corrected chi connectivity index (χ2v) is 8.95. The number of hydrogen-bond acceptors (Lipinski definition) is 1. The van der Waals surface area contributed by atoms with Crippen LogP contribution in [0.25, 0.3) is 0 Å². The molecule has 0 unspecified atom stereocenters. The summed E-state index contributed by atoms with van der Waals surface area (Å²) in [7, 11) is -8.96. The van der Waals surface area contributed by atoms with Crippen molar-refractivity contribution in [1.82, 2.24) is 0 Å². The van der Waals surface area contributed by atoms with Gasteiger partial charge in [0.25, 0.3) is 0 Å². The van der Waals surface area contributed by atoms with E-state index < -0.39 is 7.81 Å². The molecule has 0 spiro atoms. The quantitative estimate of drug-likeness (QED) is 0.392. The Hall–Kier alpha value is -1.02. The van der Waals surface area contributed by atoms with E-state index in [-0.39, 0.29) is 21.2 Å². The minimum atomic E-state index is -10.7. The van der Waals surface area contributed by atoms with Gasteiger partial charge >= 0.3 is 54.2 Å².